The van der Waals surface area contributed by atoms with Crippen LogP contribution >= 0.6 is 11.6 Å². The number of rotatable bonds is 6. The van der Waals surface area contributed by atoms with E-state index in [1.165, 1.54) is 0 Å². The number of anilines is 2. The summed E-state index contributed by atoms with van der Waals surface area (Å²) in [4.78, 5) is 26.0. The lowest BCUT2D eigenvalue weighted by Gasteiger charge is -2.25. The third-order valence-corrected chi connectivity index (χ3v) is 6.42. The molecule has 186 valence electrons. The first kappa shape index (κ1) is 24.3. The Morgan fingerprint density at radius 3 is 2.11 bits per heavy atom. The molecule has 5 rings (SSSR count). The number of nitrogens with one attached hydrogen (secondary N) is 2. The zero-order valence-corrected chi connectivity index (χ0v) is 21.0. The van der Waals surface area contributed by atoms with E-state index >= 15 is 0 Å². The number of fused-ring (bicyclic) bond motifs is 1. The predicted octanol–water partition coefficient (Wildman–Crippen LogP) is 6.19. The van der Waals surface area contributed by atoms with Crippen molar-refractivity contribution >= 4 is 40.5 Å². The zero-order chi connectivity index (χ0) is 25.8. The van der Waals surface area contributed by atoms with Gasteiger partial charge < -0.3 is 4.42 Å². The average molecular weight is 513 g/mol. The van der Waals surface area contributed by atoms with Crippen LogP contribution in [0.25, 0.3) is 0 Å². The minimum atomic E-state index is -0.371. The molecule has 1 aromatic heterocycles. The molecule has 7 nitrogen and oxygen atoms in total. The number of aryl methyl sites for hydroxylation is 1. The Balaban J connectivity index is 1.40. The minimum Gasteiger partial charge on any atom is -0.455 e. The number of hydrazine groups is 1. The fourth-order valence-corrected chi connectivity index (χ4v) is 4.49. The van der Waals surface area contributed by atoms with Crippen LogP contribution in [-0.2, 0) is 6.42 Å². The first-order valence-electron chi connectivity index (χ1n) is 12.0. The van der Waals surface area contributed by atoms with Crippen molar-refractivity contribution in [1.82, 2.24) is 10.9 Å². The number of halogens is 1. The number of nitrogens with zero attached hydrogens (tertiary/aromatic N) is 2. The second kappa shape index (κ2) is 10.7. The van der Waals surface area contributed by atoms with Gasteiger partial charge in [-0.1, -0.05) is 48.0 Å². The van der Waals surface area contributed by atoms with Gasteiger partial charge in [0.1, 0.15) is 5.76 Å². The number of furan rings is 1. The van der Waals surface area contributed by atoms with Gasteiger partial charge in [-0.15, -0.1) is 0 Å². The van der Waals surface area contributed by atoms with Crippen molar-refractivity contribution in [1.29, 1.82) is 0 Å². The van der Waals surface area contributed by atoms with Crippen molar-refractivity contribution in [3.8, 4) is 0 Å². The first-order valence-corrected chi connectivity index (χ1v) is 12.4. The maximum absolute atomic E-state index is 13.5. The van der Waals surface area contributed by atoms with Crippen LogP contribution in [0.5, 0.6) is 0 Å². The second-order valence-electron chi connectivity index (χ2n) is 8.66. The maximum Gasteiger partial charge on any atom is 0.306 e. The van der Waals surface area contributed by atoms with Crippen LogP contribution in [0.15, 0.2) is 94.4 Å². The van der Waals surface area contributed by atoms with Gasteiger partial charge in [-0.05, 0) is 68.3 Å². The number of hydrogen-bond donors (Lipinski definition) is 2. The quantitative estimate of drug-likeness (QED) is 0.301. The van der Waals surface area contributed by atoms with Crippen molar-refractivity contribution in [3.05, 3.63) is 118 Å². The predicted molar refractivity (Wildman–Crippen MR) is 144 cm³/mol. The molecule has 1 heterocycles. The van der Waals surface area contributed by atoms with E-state index in [4.69, 9.17) is 16.0 Å². The SMILES string of the molecule is Cc1c(C(=O)NN(c2ccccc2)c2ccccc2)oc2c1/C(=N/NC(=O)c1ccc(Cl)cc1)CCC2. The fraction of sp³-hybridized carbons (Fsp3) is 0.138. The second-order valence-corrected chi connectivity index (χ2v) is 9.10. The summed E-state index contributed by atoms with van der Waals surface area (Å²) >= 11 is 5.91. The molecule has 1 aliphatic rings. The van der Waals surface area contributed by atoms with Gasteiger partial charge in [-0.25, -0.2) is 5.43 Å². The summed E-state index contributed by atoms with van der Waals surface area (Å²) in [7, 11) is 0. The number of amides is 2. The van der Waals surface area contributed by atoms with Gasteiger partial charge in [-0.3, -0.25) is 20.0 Å². The fourth-order valence-electron chi connectivity index (χ4n) is 4.37. The topological polar surface area (TPSA) is 86.9 Å². The van der Waals surface area contributed by atoms with E-state index < -0.39 is 0 Å². The van der Waals surface area contributed by atoms with E-state index in [-0.39, 0.29) is 17.6 Å². The highest BCUT2D eigenvalue weighted by molar-refractivity contribution is 6.30. The van der Waals surface area contributed by atoms with Crippen molar-refractivity contribution in [2.75, 3.05) is 5.01 Å². The summed E-state index contributed by atoms with van der Waals surface area (Å²) in [5.74, 6) is 0.209. The minimum absolute atomic E-state index is 0.223. The number of para-hydroxylation sites is 2. The Morgan fingerprint density at radius 2 is 1.49 bits per heavy atom. The van der Waals surface area contributed by atoms with Gasteiger partial charge >= 0.3 is 5.91 Å². The molecule has 8 heteroatoms. The molecular formula is C29H25ClN4O3. The summed E-state index contributed by atoms with van der Waals surface area (Å²) in [5, 5.41) is 6.68. The lowest BCUT2D eigenvalue weighted by Crippen LogP contribution is -2.39. The zero-order valence-electron chi connectivity index (χ0n) is 20.2. The number of benzene rings is 3. The number of hydrogen-bond acceptors (Lipinski definition) is 5. The van der Waals surface area contributed by atoms with E-state index in [9.17, 15) is 9.59 Å². The molecule has 0 radical (unpaired) electrons. The number of carbonyl (C=O) groups excluding carboxylic acids is 2. The lowest BCUT2D eigenvalue weighted by molar-refractivity contribution is 0.0921. The Hall–Kier alpha value is -4.36. The summed E-state index contributed by atoms with van der Waals surface area (Å²) < 4.78 is 6.06. The van der Waals surface area contributed by atoms with Gasteiger partial charge in [0, 0.05) is 28.1 Å². The molecule has 0 unspecified atom stereocenters. The third-order valence-electron chi connectivity index (χ3n) is 6.17. The van der Waals surface area contributed by atoms with Crippen molar-refractivity contribution < 1.29 is 14.0 Å². The van der Waals surface area contributed by atoms with E-state index in [1.54, 1.807) is 29.3 Å². The van der Waals surface area contributed by atoms with Gasteiger partial charge in [0.05, 0.1) is 17.1 Å². The standard InChI is InChI=1S/C29H25ClN4O3/c1-19-26-24(31-32-28(35)20-15-17-21(30)18-16-20)13-8-14-25(26)37-27(19)29(36)33-34(22-9-4-2-5-10-22)23-11-6-3-7-12-23/h2-7,9-12,15-18H,8,13-14H2,1H3,(H,32,35)(H,33,36)/b31-24+. The van der Waals surface area contributed by atoms with Crippen LogP contribution < -0.4 is 15.9 Å². The molecule has 3 aromatic carbocycles. The molecule has 1 aliphatic carbocycles. The normalized spacial score (nSPS) is 13.6. The number of hydrazone groups is 1. The molecule has 0 saturated heterocycles. The molecule has 0 spiro atoms. The Morgan fingerprint density at radius 1 is 0.865 bits per heavy atom. The molecular weight excluding hydrogens is 488 g/mol. The van der Waals surface area contributed by atoms with Gasteiger partial charge in [0.25, 0.3) is 5.91 Å². The summed E-state index contributed by atoms with van der Waals surface area (Å²) in [6.45, 7) is 1.84. The highest BCUT2D eigenvalue weighted by Crippen LogP contribution is 2.31. The van der Waals surface area contributed by atoms with Crippen LogP contribution in [0.3, 0.4) is 0 Å². The average Bonchev–Trinajstić information content (AvgIpc) is 3.28. The van der Waals surface area contributed by atoms with Crippen molar-refractivity contribution in [2.45, 2.75) is 26.2 Å². The highest BCUT2D eigenvalue weighted by Gasteiger charge is 2.29. The molecule has 0 bridgehead atoms. The summed E-state index contributed by atoms with van der Waals surface area (Å²) in [5.41, 5.74) is 9.84. The maximum atomic E-state index is 13.5. The molecule has 2 N–H and O–H groups in total. The van der Waals surface area contributed by atoms with E-state index in [1.807, 2.05) is 67.6 Å². The van der Waals surface area contributed by atoms with Gasteiger partial charge in [0.15, 0.2) is 5.76 Å². The Kier molecular flexibility index (Phi) is 7.05. The Bertz CT molecular complexity index is 1410. The van der Waals surface area contributed by atoms with E-state index in [0.29, 0.717) is 40.5 Å². The molecule has 4 aromatic rings. The molecule has 0 saturated carbocycles. The largest absolute Gasteiger partial charge is 0.455 e. The smallest absolute Gasteiger partial charge is 0.306 e. The van der Waals surface area contributed by atoms with Crippen molar-refractivity contribution in [2.24, 2.45) is 5.10 Å². The van der Waals surface area contributed by atoms with Gasteiger partial charge in [0.2, 0.25) is 0 Å². The molecule has 2 amide bonds. The summed E-state index contributed by atoms with van der Waals surface area (Å²) in [6, 6.07) is 25.8. The van der Waals surface area contributed by atoms with Crippen LogP contribution in [0.2, 0.25) is 5.02 Å². The molecule has 0 atom stereocenters. The first-order chi connectivity index (χ1) is 18.0. The van der Waals surface area contributed by atoms with Crippen LogP contribution in [0.1, 0.15) is 50.6 Å². The molecule has 0 fully saturated rings. The van der Waals surface area contributed by atoms with E-state index in [0.717, 1.165) is 23.4 Å². The highest BCUT2D eigenvalue weighted by atomic mass is 35.5. The van der Waals surface area contributed by atoms with Crippen molar-refractivity contribution in [3.63, 3.8) is 0 Å². The molecule has 37 heavy (non-hydrogen) atoms. The van der Waals surface area contributed by atoms with Gasteiger partial charge in [-0.2, -0.15) is 5.10 Å². The Labute approximate surface area is 219 Å². The van der Waals surface area contributed by atoms with Crippen LogP contribution in [0.4, 0.5) is 11.4 Å². The summed E-state index contributed by atoms with van der Waals surface area (Å²) in [6.07, 6.45) is 2.15. The monoisotopic (exact) mass is 512 g/mol. The third kappa shape index (κ3) is 5.27. The van der Waals surface area contributed by atoms with Crippen LogP contribution in [-0.4, -0.2) is 17.5 Å². The lowest BCUT2D eigenvalue weighted by atomic mass is 9.93. The van der Waals surface area contributed by atoms with Crippen LogP contribution in [0, 0.1) is 6.92 Å². The van der Waals surface area contributed by atoms with E-state index in [2.05, 4.69) is 16.0 Å². The number of carbonyl (C=O) groups is 2. The molecule has 0 aliphatic heterocycles.